The summed E-state index contributed by atoms with van der Waals surface area (Å²) in [4.78, 5) is 11.2. The lowest BCUT2D eigenvalue weighted by molar-refractivity contribution is 0.171. The van der Waals surface area contributed by atoms with E-state index in [-0.39, 0.29) is 6.79 Å². The van der Waals surface area contributed by atoms with Crippen LogP contribution in [0, 0.1) is 0 Å². The van der Waals surface area contributed by atoms with E-state index < -0.39 is 0 Å². The third-order valence-electron chi connectivity index (χ3n) is 5.60. The van der Waals surface area contributed by atoms with Gasteiger partial charge < -0.3 is 28.6 Å². The molecule has 0 unspecified atom stereocenters. The van der Waals surface area contributed by atoms with Gasteiger partial charge >= 0.3 is 0 Å². The van der Waals surface area contributed by atoms with Gasteiger partial charge in [-0.3, -0.25) is 0 Å². The summed E-state index contributed by atoms with van der Waals surface area (Å²) >= 11 is 6.36. The molecule has 2 aliphatic rings. The molecule has 32 heavy (non-hydrogen) atoms. The van der Waals surface area contributed by atoms with E-state index in [4.69, 9.17) is 35.3 Å². The molecular weight excluding hydrogens is 434 g/mol. The highest BCUT2D eigenvalue weighted by molar-refractivity contribution is 6.32. The summed E-state index contributed by atoms with van der Waals surface area (Å²) in [6.07, 6.45) is 4.98. The van der Waals surface area contributed by atoms with Crippen LogP contribution in [0.25, 0.3) is 10.9 Å². The predicted molar refractivity (Wildman–Crippen MR) is 120 cm³/mol. The predicted octanol–water partition coefficient (Wildman–Crippen LogP) is 4.68. The normalized spacial score (nSPS) is 15.3. The summed E-state index contributed by atoms with van der Waals surface area (Å²) in [5, 5.41) is 1.06. The lowest BCUT2D eigenvalue weighted by atomic mass is 10.2. The maximum atomic E-state index is 6.36. The van der Waals surface area contributed by atoms with Crippen molar-refractivity contribution in [2.45, 2.75) is 19.3 Å². The number of methoxy groups -OCH3 is 1. The first-order chi connectivity index (χ1) is 15.7. The summed E-state index contributed by atoms with van der Waals surface area (Å²) in [7, 11) is 1.61. The minimum atomic E-state index is 0.114. The Labute approximate surface area is 191 Å². The molecule has 2 aromatic carbocycles. The lowest BCUT2D eigenvalue weighted by Crippen LogP contribution is -2.21. The molecule has 9 heteroatoms. The van der Waals surface area contributed by atoms with Crippen molar-refractivity contribution in [3.8, 4) is 34.6 Å². The van der Waals surface area contributed by atoms with E-state index in [1.165, 1.54) is 32.3 Å². The Morgan fingerprint density at radius 1 is 1.09 bits per heavy atom. The third-order valence-corrected chi connectivity index (χ3v) is 5.90. The van der Waals surface area contributed by atoms with Crippen molar-refractivity contribution >= 4 is 22.5 Å². The molecule has 0 amide bonds. The zero-order valence-electron chi connectivity index (χ0n) is 17.8. The van der Waals surface area contributed by atoms with Gasteiger partial charge in [0.25, 0.3) is 0 Å². The highest BCUT2D eigenvalue weighted by Gasteiger charge is 2.24. The van der Waals surface area contributed by atoms with Crippen molar-refractivity contribution in [3.63, 3.8) is 0 Å². The number of aromatic nitrogens is 2. The standard InChI is InChI=1S/C23H24ClN3O5/c1-28-19-11-15-17(12-20(19)29-10-4-9-27-7-2-3-8-27)25-13-26-23(15)32-21-16(24)5-6-18-22(21)31-14-30-18/h5-6,11-13H,2-4,7-10,14H2,1H3. The number of hydrogen-bond donors (Lipinski definition) is 0. The fourth-order valence-corrected chi connectivity index (χ4v) is 4.17. The summed E-state index contributed by atoms with van der Waals surface area (Å²) in [5.74, 6) is 2.94. The molecule has 5 rings (SSSR count). The zero-order valence-corrected chi connectivity index (χ0v) is 18.6. The number of rotatable bonds is 8. The molecule has 168 valence electrons. The second kappa shape index (κ2) is 9.26. The van der Waals surface area contributed by atoms with E-state index in [0.717, 1.165) is 13.0 Å². The van der Waals surface area contributed by atoms with Crippen LogP contribution in [0.3, 0.4) is 0 Å². The number of ether oxygens (including phenoxy) is 5. The smallest absolute Gasteiger partial charge is 0.231 e. The van der Waals surface area contributed by atoms with Gasteiger partial charge in [-0.15, -0.1) is 0 Å². The first kappa shape index (κ1) is 20.9. The molecule has 2 aliphatic heterocycles. The second-order valence-electron chi connectivity index (χ2n) is 7.66. The molecule has 0 N–H and O–H groups in total. The number of likely N-dealkylation sites (tertiary alicyclic amines) is 1. The second-order valence-corrected chi connectivity index (χ2v) is 8.07. The van der Waals surface area contributed by atoms with Crippen molar-refractivity contribution in [1.82, 2.24) is 14.9 Å². The fraction of sp³-hybridized carbons (Fsp3) is 0.391. The zero-order chi connectivity index (χ0) is 21.9. The first-order valence-corrected chi connectivity index (χ1v) is 11.0. The van der Waals surface area contributed by atoms with Gasteiger partial charge in [0.05, 0.1) is 29.6 Å². The average Bonchev–Trinajstić information content (AvgIpc) is 3.50. The number of hydrogen-bond acceptors (Lipinski definition) is 8. The SMILES string of the molecule is COc1cc2c(Oc3c(Cl)ccc4c3OCO4)ncnc2cc1OCCCN1CCCC1. The molecule has 0 spiro atoms. The summed E-state index contributed by atoms with van der Waals surface area (Å²) in [6.45, 7) is 4.14. The first-order valence-electron chi connectivity index (χ1n) is 10.7. The number of nitrogens with zero attached hydrogens (tertiary/aromatic N) is 3. The summed E-state index contributed by atoms with van der Waals surface area (Å²) < 4.78 is 28.6. The van der Waals surface area contributed by atoms with Crippen LogP contribution in [0.1, 0.15) is 19.3 Å². The minimum absolute atomic E-state index is 0.114. The van der Waals surface area contributed by atoms with Crippen molar-refractivity contribution < 1.29 is 23.7 Å². The van der Waals surface area contributed by atoms with Crippen molar-refractivity contribution in [2.24, 2.45) is 0 Å². The maximum absolute atomic E-state index is 6.36. The van der Waals surface area contributed by atoms with Gasteiger partial charge in [0, 0.05) is 12.6 Å². The molecule has 0 atom stereocenters. The molecule has 3 heterocycles. The molecule has 1 saturated heterocycles. The molecule has 0 bridgehead atoms. The topological polar surface area (TPSA) is 75.2 Å². The molecule has 0 saturated carbocycles. The highest BCUT2D eigenvalue weighted by atomic mass is 35.5. The Morgan fingerprint density at radius 3 is 2.81 bits per heavy atom. The van der Waals surface area contributed by atoms with Gasteiger partial charge in [-0.05, 0) is 50.6 Å². The van der Waals surface area contributed by atoms with Crippen molar-refractivity contribution in [2.75, 3.05) is 40.1 Å². The lowest BCUT2D eigenvalue weighted by Gasteiger charge is -2.16. The number of benzene rings is 2. The van der Waals surface area contributed by atoms with E-state index in [1.54, 1.807) is 19.2 Å². The fourth-order valence-electron chi connectivity index (χ4n) is 3.99. The molecule has 3 aromatic rings. The molecule has 1 aromatic heterocycles. The minimum Gasteiger partial charge on any atom is -0.493 e. The summed E-state index contributed by atoms with van der Waals surface area (Å²) in [5.41, 5.74) is 0.672. The largest absolute Gasteiger partial charge is 0.493 e. The van der Waals surface area contributed by atoms with Gasteiger partial charge in [0.15, 0.2) is 23.0 Å². The molecular formula is C23H24ClN3O5. The Hall–Kier alpha value is -2.97. The van der Waals surface area contributed by atoms with E-state index in [9.17, 15) is 0 Å². The number of halogens is 1. The maximum Gasteiger partial charge on any atom is 0.231 e. The Bertz CT molecular complexity index is 1120. The van der Waals surface area contributed by atoms with Gasteiger partial charge in [0.1, 0.15) is 6.33 Å². The molecule has 8 nitrogen and oxygen atoms in total. The van der Waals surface area contributed by atoms with Crippen molar-refractivity contribution in [3.05, 3.63) is 35.6 Å². The van der Waals surface area contributed by atoms with Crippen LogP contribution in [-0.4, -0.2) is 55.0 Å². The quantitative estimate of drug-likeness (QED) is 0.451. The Morgan fingerprint density at radius 2 is 1.97 bits per heavy atom. The van der Waals surface area contributed by atoms with Gasteiger partial charge in [-0.25, -0.2) is 9.97 Å². The third kappa shape index (κ3) is 4.20. The van der Waals surface area contributed by atoms with Crippen LogP contribution in [0.2, 0.25) is 5.02 Å². The summed E-state index contributed by atoms with van der Waals surface area (Å²) in [6, 6.07) is 7.10. The van der Waals surface area contributed by atoms with Gasteiger partial charge in [-0.2, -0.15) is 0 Å². The van der Waals surface area contributed by atoms with Crippen LogP contribution in [0.4, 0.5) is 0 Å². The van der Waals surface area contributed by atoms with Crippen LogP contribution in [0.15, 0.2) is 30.6 Å². The van der Waals surface area contributed by atoms with E-state index in [0.29, 0.717) is 57.2 Å². The molecule has 1 fully saturated rings. The highest BCUT2D eigenvalue weighted by Crippen LogP contribution is 2.47. The van der Waals surface area contributed by atoms with E-state index in [2.05, 4.69) is 14.9 Å². The van der Waals surface area contributed by atoms with E-state index in [1.807, 2.05) is 12.1 Å². The van der Waals surface area contributed by atoms with Crippen LogP contribution >= 0.6 is 11.6 Å². The van der Waals surface area contributed by atoms with Gasteiger partial charge in [-0.1, -0.05) is 11.6 Å². The Balaban J connectivity index is 1.38. The van der Waals surface area contributed by atoms with Crippen LogP contribution in [0.5, 0.6) is 34.6 Å². The molecule has 0 aliphatic carbocycles. The van der Waals surface area contributed by atoms with Crippen LogP contribution in [-0.2, 0) is 0 Å². The average molecular weight is 458 g/mol. The van der Waals surface area contributed by atoms with Gasteiger partial charge in [0.2, 0.25) is 18.4 Å². The molecule has 0 radical (unpaired) electrons. The Kier molecular flexibility index (Phi) is 6.05. The monoisotopic (exact) mass is 457 g/mol. The van der Waals surface area contributed by atoms with E-state index >= 15 is 0 Å². The van der Waals surface area contributed by atoms with Crippen molar-refractivity contribution in [1.29, 1.82) is 0 Å². The number of fused-ring (bicyclic) bond motifs is 2. The van der Waals surface area contributed by atoms with Crippen LogP contribution < -0.4 is 23.7 Å².